The maximum absolute atomic E-state index is 11.9. The first-order valence-electron chi connectivity index (χ1n) is 5.90. The molecule has 2 heterocycles. The fourth-order valence-corrected chi connectivity index (χ4v) is 2.38. The number of nitrogens with one attached hydrogen (secondary N) is 1. The van der Waals surface area contributed by atoms with Crippen LogP contribution in [0.4, 0.5) is 10.8 Å². The lowest BCUT2D eigenvalue weighted by Gasteiger charge is -2.00. The first kappa shape index (κ1) is 13.4. The lowest BCUT2D eigenvalue weighted by Crippen LogP contribution is -2.13. The van der Waals surface area contributed by atoms with Crippen LogP contribution >= 0.6 is 11.3 Å². The van der Waals surface area contributed by atoms with Gasteiger partial charge in [0.2, 0.25) is 5.13 Å². The number of pyridine rings is 1. The Kier molecular flexibility index (Phi) is 4.06. The Bertz CT molecular complexity index is 564. The van der Waals surface area contributed by atoms with Crippen molar-refractivity contribution in [1.82, 2.24) is 15.2 Å². The number of carbonyl (C=O) groups is 1. The predicted octanol–water partition coefficient (Wildman–Crippen LogP) is 1.97. The second-order valence-electron chi connectivity index (χ2n) is 4.53. The monoisotopic (exact) mass is 277 g/mol. The number of hydrogen-bond acceptors (Lipinski definition) is 6. The van der Waals surface area contributed by atoms with E-state index in [-0.39, 0.29) is 5.91 Å². The summed E-state index contributed by atoms with van der Waals surface area (Å²) < 4.78 is 0. The smallest absolute Gasteiger partial charge is 0.276 e. The molecule has 7 heteroatoms. The molecule has 100 valence electrons. The number of rotatable bonds is 4. The number of carbonyl (C=O) groups excluding carboxylic acids is 1. The largest absolute Gasteiger partial charge is 0.397 e. The van der Waals surface area contributed by atoms with Crippen molar-refractivity contribution in [2.45, 2.75) is 20.3 Å². The maximum Gasteiger partial charge on any atom is 0.276 e. The highest BCUT2D eigenvalue weighted by Crippen LogP contribution is 2.18. The molecule has 1 amide bonds. The van der Waals surface area contributed by atoms with E-state index in [1.807, 2.05) is 0 Å². The molecule has 0 aromatic carbocycles. The van der Waals surface area contributed by atoms with Crippen LogP contribution in [0.5, 0.6) is 0 Å². The van der Waals surface area contributed by atoms with Crippen LogP contribution in [0.15, 0.2) is 18.3 Å². The molecule has 0 aliphatic carbocycles. The summed E-state index contributed by atoms with van der Waals surface area (Å²) in [6, 6.07) is 3.20. The summed E-state index contributed by atoms with van der Waals surface area (Å²) in [7, 11) is 0. The van der Waals surface area contributed by atoms with Crippen molar-refractivity contribution >= 4 is 28.1 Å². The average molecular weight is 277 g/mol. The molecule has 0 aliphatic rings. The van der Waals surface area contributed by atoms with Gasteiger partial charge in [0.15, 0.2) is 0 Å². The number of nitrogens with two attached hydrogens (primary N) is 1. The third-order valence-electron chi connectivity index (χ3n) is 2.29. The predicted molar refractivity (Wildman–Crippen MR) is 75.1 cm³/mol. The molecule has 2 aromatic heterocycles. The highest BCUT2D eigenvalue weighted by Gasteiger charge is 2.11. The number of anilines is 2. The van der Waals surface area contributed by atoms with E-state index >= 15 is 0 Å². The van der Waals surface area contributed by atoms with Crippen molar-refractivity contribution in [3.05, 3.63) is 29.0 Å². The van der Waals surface area contributed by atoms with Gasteiger partial charge in [-0.25, -0.2) is 4.98 Å². The van der Waals surface area contributed by atoms with Crippen LogP contribution in [0, 0.1) is 5.92 Å². The van der Waals surface area contributed by atoms with Crippen LogP contribution in [0.25, 0.3) is 0 Å². The van der Waals surface area contributed by atoms with Crippen molar-refractivity contribution in [2.75, 3.05) is 11.1 Å². The molecule has 6 nitrogen and oxygen atoms in total. The van der Waals surface area contributed by atoms with Crippen LogP contribution in [0.3, 0.4) is 0 Å². The fourth-order valence-electron chi connectivity index (χ4n) is 1.44. The molecule has 0 saturated carbocycles. The SMILES string of the molecule is CC(C)Cc1nnc(NC(=O)c2ccc(N)cn2)s1. The Labute approximate surface area is 115 Å². The van der Waals surface area contributed by atoms with E-state index in [0.29, 0.717) is 22.4 Å². The standard InChI is InChI=1S/C12H15N5OS/c1-7(2)5-10-16-17-12(19-10)15-11(18)9-4-3-8(13)6-14-9/h3-4,6-7H,5,13H2,1-2H3,(H,15,17,18). The number of nitrogen functional groups attached to an aromatic ring is 1. The summed E-state index contributed by atoms with van der Waals surface area (Å²) in [6.45, 7) is 4.22. The molecule has 19 heavy (non-hydrogen) atoms. The maximum atomic E-state index is 11.9. The van der Waals surface area contributed by atoms with Crippen molar-refractivity contribution in [3.8, 4) is 0 Å². The summed E-state index contributed by atoms with van der Waals surface area (Å²) >= 11 is 1.38. The highest BCUT2D eigenvalue weighted by molar-refractivity contribution is 7.15. The molecule has 2 aromatic rings. The number of amides is 1. The van der Waals surface area contributed by atoms with Crippen molar-refractivity contribution < 1.29 is 4.79 Å². The van der Waals surface area contributed by atoms with E-state index in [2.05, 4.69) is 34.3 Å². The van der Waals surface area contributed by atoms with E-state index in [1.54, 1.807) is 12.1 Å². The van der Waals surface area contributed by atoms with E-state index in [1.165, 1.54) is 17.5 Å². The minimum Gasteiger partial charge on any atom is -0.397 e. The van der Waals surface area contributed by atoms with Crippen LogP contribution in [-0.4, -0.2) is 21.1 Å². The van der Waals surface area contributed by atoms with Gasteiger partial charge >= 0.3 is 0 Å². The lowest BCUT2D eigenvalue weighted by atomic mass is 10.1. The van der Waals surface area contributed by atoms with Gasteiger partial charge in [0.05, 0.1) is 11.9 Å². The Hall–Kier alpha value is -2.02. The number of nitrogens with zero attached hydrogens (tertiary/aromatic N) is 3. The molecule has 0 fully saturated rings. The second-order valence-corrected chi connectivity index (χ2v) is 5.59. The van der Waals surface area contributed by atoms with Crippen molar-refractivity contribution in [3.63, 3.8) is 0 Å². The second kappa shape index (κ2) is 5.75. The quantitative estimate of drug-likeness (QED) is 0.891. The van der Waals surface area contributed by atoms with Gasteiger partial charge in [-0.2, -0.15) is 0 Å². The average Bonchev–Trinajstić information content (AvgIpc) is 2.76. The van der Waals surface area contributed by atoms with Crippen molar-refractivity contribution in [2.24, 2.45) is 5.92 Å². The number of hydrogen-bond donors (Lipinski definition) is 2. The first-order valence-corrected chi connectivity index (χ1v) is 6.71. The number of aromatic nitrogens is 3. The fraction of sp³-hybridized carbons (Fsp3) is 0.333. The Morgan fingerprint density at radius 3 is 2.84 bits per heavy atom. The van der Waals surface area contributed by atoms with Gasteiger partial charge < -0.3 is 5.73 Å². The van der Waals surface area contributed by atoms with Gasteiger partial charge in [-0.3, -0.25) is 10.1 Å². The Balaban J connectivity index is 2.02. The minimum absolute atomic E-state index is 0.301. The third kappa shape index (κ3) is 3.72. The normalized spacial score (nSPS) is 10.7. The summed E-state index contributed by atoms with van der Waals surface area (Å²) in [5, 5.41) is 12.0. The molecular weight excluding hydrogens is 262 g/mol. The first-order chi connectivity index (χ1) is 9.04. The molecule has 0 unspecified atom stereocenters. The van der Waals surface area contributed by atoms with Gasteiger partial charge in [-0.1, -0.05) is 25.2 Å². The zero-order valence-corrected chi connectivity index (χ0v) is 11.6. The van der Waals surface area contributed by atoms with Crippen LogP contribution in [0.1, 0.15) is 29.3 Å². The molecule has 0 saturated heterocycles. The van der Waals surface area contributed by atoms with Crippen molar-refractivity contribution in [1.29, 1.82) is 0 Å². The summed E-state index contributed by atoms with van der Waals surface area (Å²) in [5.41, 5.74) is 6.34. The Morgan fingerprint density at radius 2 is 2.21 bits per heavy atom. The molecule has 0 spiro atoms. The topological polar surface area (TPSA) is 93.8 Å². The van der Waals surface area contributed by atoms with Crippen LogP contribution in [0.2, 0.25) is 0 Å². The summed E-state index contributed by atoms with van der Waals surface area (Å²) in [6.07, 6.45) is 2.30. The van der Waals surface area contributed by atoms with Crippen LogP contribution in [-0.2, 0) is 6.42 Å². The molecule has 0 atom stereocenters. The molecule has 3 N–H and O–H groups in total. The zero-order chi connectivity index (χ0) is 13.8. The van der Waals surface area contributed by atoms with Gasteiger partial charge in [-0.15, -0.1) is 10.2 Å². The van der Waals surface area contributed by atoms with E-state index in [4.69, 9.17) is 5.73 Å². The lowest BCUT2D eigenvalue weighted by molar-refractivity contribution is 0.102. The van der Waals surface area contributed by atoms with E-state index in [9.17, 15) is 4.79 Å². The third-order valence-corrected chi connectivity index (χ3v) is 3.15. The van der Waals surface area contributed by atoms with Gasteiger partial charge in [0.1, 0.15) is 10.7 Å². The van der Waals surface area contributed by atoms with E-state index < -0.39 is 0 Å². The van der Waals surface area contributed by atoms with Gasteiger partial charge in [0, 0.05) is 6.42 Å². The summed E-state index contributed by atoms with van der Waals surface area (Å²) in [4.78, 5) is 15.8. The molecule has 0 aliphatic heterocycles. The van der Waals surface area contributed by atoms with E-state index in [0.717, 1.165) is 11.4 Å². The minimum atomic E-state index is -0.313. The zero-order valence-electron chi connectivity index (χ0n) is 10.8. The molecule has 0 radical (unpaired) electrons. The van der Waals surface area contributed by atoms with Gasteiger partial charge in [0.25, 0.3) is 5.91 Å². The molecule has 0 bridgehead atoms. The molecule has 2 rings (SSSR count). The van der Waals surface area contributed by atoms with Crippen LogP contribution < -0.4 is 11.1 Å². The summed E-state index contributed by atoms with van der Waals surface area (Å²) in [5.74, 6) is 0.197. The van der Waals surface area contributed by atoms with Gasteiger partial charge in [-0.05, 0) is 18.1 Å². The highest BCUT2D eigenvalue weighted by atomic mass is 32.1. The Morgan fingerprint density at radius 1 is 1.42 bits per heavy atom. The molecular formula is C12H15N5OS.